The number of hydrogen-bond donors (Lipinski definition) is 3. The lowest BCUT2D eigenvalue weighted by molar-refractivity contribution is -0.120. The summed E-state index contributed by atoms with van der Waals surface area (Å²) in [6, 6.07) is 6.43. The van der Waals surface area contributed by atoms with Crippen LogP contribution in [0.4, 0.5) is 5.69 Å². The molecular formula is C11H9ClN2O3. The van der Waals surface area contributed by atoms with Gasteiger partial charge < -0.3 is 15.7 Å². The van der Waals surface area contributed by atoms with Crippen molar-refractivity contribution >= 4 is 29.1 Å². The van der Waals surface area contributed by atoms with E-state index in [4.69, 9.17) is 11.6 Å². The van der Waals surface area contributed by atoms with Crippen LogP contribution in [0.25, 0.3) is 0 Å². The molecule has 3 N–H and O–H groups in total. The molecule has 1 aliphatic heterocycles. The topological polar surface area (TPSA) is 78.4 Å². The fourth-order valence-electron chi connectivity index (χ4n) is 1.43. The second-order valence-electron chi connectivity index (χ2n) is 3.47. The lowest BCUT2D eigenvalue weighted by Gasteiger charge is -2.04. The third-order valence-electron chi connectivity index (χ3n) is 2.26. The molecule has 0 aromatic heterocycles. The van der Waals surface area contributed by atoms with E-state index < -0.39 is 11.8 Å². The van der Waals surface area contributed by atoms with E-state index in [0.29, 0.717) is 10.7 Å². The third kappa shape index (κ3) is 2.39. The number of aliphatic hydroxyl groups excluding tert-OH is 1. The van der Waals surface area contributed by atoms with E-state index in [2.05, 4.69) is 10.6 Å². The van der Waals surface area contributed by atoms with Gasteiger partial charge in [-0.1, -0.05) is 11.6 Å². The maximum absolute atomic E-state index is 11.7. The monoisotopic (exact) mass is 252 g/mol. The summed E-state index contributed by atoms with van der Waals surface area (Å²) in [6.45, 7) is -0.0117. The summed E-state index contributed by atoms with van der Waals surface area (Å²) in [7, 11) is 0. The average Bonchev–Trinajstić information content (AvgIpc) is 2.62. The average molecular weight is 253 g/mol. The number of carbonyl (C=O) groups is 2. The highest BCUT2D eigenvalue weighted by molar-refractivity contribution is 6.30. The predicted molar refractivity (Wildman–Crippen MR) is 62.7 cm³/mol. The highest BCUT2D eigenvalue weighted by Gasteiger charge is 2.28. The summed E-state index contributed by atoms with van der Waals surface area (Å²) < 4.78 is 0. The Bertz CT molecular complexity index is 508. The Kier molecular flexibility index (Phi) is 3.01. The van der Waals surface area contributed by atoms with Crippen molar-refractivity contribution in [2.75, 3.05) is 11.9 Å². The number of anilines is 1. The van der Waals surface area contributed by atoms with Gasteiger partial charge in [-0.3, -0.25) is 9.59 Å². The first-order valence-corrected chi connectivity index (χ1v) is 5.23. The Balaban J connectivity index is 2.15. The number of carbonyl (C=O) groups excluding carboxylic acids is 2. The molecule has 88 valence electrons. The van der Waals surface area contributed by atoms with E-state index in [1.165, 1.54) is 0 Å². The van der Waals surface area contributed by atoms with E-state index in [-0.39, 0.29) is 17.9 Å². The van der Waals surface area contributed by atoms with Crippen molar-refractivity contribution in [1.82, 2.24) is 5.32 Å². The van der Waals surface area contributed by atoms with Gasteiger partial charge in [0, 0.05) is 10.7 Å². The first-order chi connectivity index (χ1) is 8.08. The van der Waals surface area contributed by atoms with Gasteiger partial charge in [-0.05, 0) is 24.3 Å². The van der Waals surface area contributed by atoms with Crippen molar-refractivity contribution < 1.29 is 14.7 Å². The van der Waals surface area contributed by atoms with Gasteiger partial charge in [-0.2, -0.15) is 0 Å². The molecule has 0 unspecified atom stereocenters. The zero-order valence-corrected chi connectivity index (χ0v) is 9.41. The second kappa shape index (κ2) is 4.47. The lowest BCUT2D eigenvalue weighted by atomic mass is 10.2. The number of aliphatic hydroxyl groups is 1. The van der Waals surface area contributed by atoms with Crippen LogP contribution in [0.15, 0.2) is 35.6 Å². The van der Waals surface area contributed by atoms with Gasteiger partial charge in [-0.15, -0.1) is 0 Å². The molecule has 2 amide bonds. The van der Waals surface area contributed by atoms with Crippen molar-refractivity contribution in [3.63, 3.8) is 0 Å². The number of nitrogens with one attached hydrogen (secondary N) is 2. The normalized spacial score (nSPS) is 14.8. The van der Waals surface area contributed by atoms with E-state index in [0.717, 1.165) is 0 Å². The molecule has 0 radical (unpaired) electrons. The van der Waals surface area contributed by atoms with Crippen LogP contribution in [-0.2, 0) is 9.59 Å². The Hall–Kier alpha value is -2.01. The fourth-order valence-corrected chi connectivity index (χ4v) is 1.56. The van der Waals surface area contributed by atoms with Crippen molar-refractivity contribution in [1.29, 1.82) is 0 Å². The molecule has 2 rings (SSSR count). The van der Waals surface area contributed by atoms with Gasteiger partial charge in [-0.25, -0.2) is 0 Å². The Morgan fingerprint density at radius 3 is 2.53 bits per heavy atom. The predicted octanol–water partition coefficient (Wildman–Crippen LogP) is 1.22. The Labute approximate surface area is 102 Å². The van der Waals surface area contributed by atoms with E-state index in [1.807, 2.05) is 0 Å². The summed E-state index contributed by atoms with van der Waals surface area (Å²) in [5, 5.41) is 14.8. The zero-order chi connectivity index (χ0) is 12.4. The molecule has 0 atom stereocenters. The quantitative estimate of drug-likeness (QED) is 0.693. The highest BCUT2D eigenvalue weighted by Crippen LogP contribution is 2.16. The molecule has 1 heterocycles. The summed E-state index contributed by atoms with van der Waals surface area (Å²) >= 11 is 5.70. The Morgan fingerprint density at radius 2 is 2.00 bits per heavy atom. The summed E-state index contributed by atoms with van der Waals surface area (Å²) in [5.74, 6) is -1.46. The molecule has 0 saturated heterocycles. The lowest BCUT2D eigenvalue weighted by Crippen LogP contribution is -2.24. The van der Waals surface area contributed by atoms with Crippen LogP contribution in [0.2, 0.25) is 5.02 Å². The minimum atomic E-state index is -0.639. The minimum absolute atomic E-state index is 0.0117. The summed E-state index contributed by atoms with van der Waals surface area (Å²) in [5.41, 5.74) is 0.249. The number of halogens is 1. The van der Waals surface area contributed by atoms with Crippen LogP contribution in [0.5, 0.6) is 0 Å². The molecule has 1 aliphatic rings. The first kappa shape index (κ1) is 11.5. The molecular weight excluding hydrogens is 244 g/mol. The maximum Gasteiger partial charge on any atom is 0.264 e. The molecule has 1 aromatic rings. The molecule has 0 spiro atoms. The van der Waals surface area contributed by atoms with E-state index >= 15 is 0 Å². The van der Waals surface area contributed by atoms with Gasteiger partial charge in [0.15, 0.2) is 0 Å². The number of amides is 2. The number of benzene rings is 1. The van der Waals surface area contributed by atoms with Crippen LogP contribution < -0.4 is 10.6 Å². The molecule has 1 aromatic carbocycles. The van der Waals surface area contributed by atoms with Crippen molar-refractivity contribution in [3.05, 3.63) is 40.6 Å². The zero-order valence-electron chi connectivity index (χ0n) is 8.66. The van der Waals surface area contributed by atoms with Crippen LogP contribution >= 0.6 is 11.6 Å². The Morgan fingerprint density at radius 1 is 1.35 bits per heavy atom. The van der Waals surface area contributed by atoms with Gasteiger partial charge in [0.25, 0.3) is 11.8 Å². The molecule has 0 bridgehead atoms. The van der Waals surface area contributed by atoms with Crippen LogP contribution in [0.1, 0.15) is 0 Å². The van der Waals surface area contributed by atoms with Crippen molar-refractivity contribution in [3.8, 4) is 0 Å². The van der Waals surface area contributed by atoms with Gasteiger partial charge in [0.2, 0.25) is 0 Å². The van der Waals surface area contributed by atoms with E-state index in [9.17, 15) is 14.7 Å². The SMILES string of the molecule is O=C1NCC(O)=C1C(=O)Nc1ccc(Cl)cc1. The molecule has 5 nitrogen and oxygen atoms in total. The second-order valence-corrected chi connectivity index (χ2v) is 3.90. The standard InChI is InChI=1S/C11H9ClN2O3/c12-6-1-3-7(4-2-6)14-11(17)9-8(15)5-13-10(9)16/h1-4,15H,5H2,(H,13,16)(H,14,17). The number of rotatable bonds is 2. The molecule has 6 heteroatoms. The largest absolute Gasteiger partial charge is 0.509 e. The van der Waals surface area contributed by atoms with Crippen LogP contribution in [0.3, 0.4) is 0 Å². The number of hydrogen-bond acceptors (Lipinski definition) is 3. The minimum Gasteiger partial charge on any atom is -0.509 e. The molecule has 0 saturated carbocycles. The highest BCUT2D eigenvalue weighted by atomic mass is 35.5. The van der Waals surface area contributed by atoms with Gasteiger partial charge in [0.1, 0.15) is 11.3 Å². The summed E-state index contributed by atoms with van der Waals surface area (Å²) in [6.07, 6.45) is 0. The van der Waals surface area contributed by atoms with Crippen LogP contribution in [-0.4, -0.2) is 23.5 Å². The van der Waals surface area contributed by atoms with Crippen LogP contribution in [0, 0.1) is 0 Å². The maximum atomic E-state index is 11.7. The van der Waals surface area contributed by atoms with Gasteiger partial charge >= 0.3 is 0 Å². The summed E-state index contributed by atoms with van der Waals surface area (Å²) in [4.78, 5) is 23.0. The van der Waals surface area contributed by atoms with E-state index in [1.54, 1.807) is 24.3 Å². The fraction of sp³-hybridized carbons (Fsp3) is 0.0909. The third-order valence-corrected chi connectivity index (χ3v) is 2.51. The van der Waals surface area contributed by atoms with Crippen molar-refractivity contribution in [2.24, 2.45) is 0 Å². The smallest absolute Gasteiger partial charge is 0.264 e. The molecule has 0 fully saturated rings. The van der Waals surface area contributed by atoms with Crippen molar-refractivity contribution in [2.45, 2.75) is 0 Å². The van der Waals surface area contributed by atoms with Gasteiger partial charge in [0.05, 0.1) is 6.54 Å². The first-order valence-electron chi connectivity index (χ1n) is 4.85. The molecule has 0 aliphatic carbocycles. The molecule has 17 heavy (non-hydrogen) atoms.